The molecule has 4 aromatic rings. The van der Waals surface area contributed by atoms with E-state index >= 15 is 0 Å². The Bertz CT molecular complexity index is 1390. The number of halogens is 1. The van der Waals surface area contributed by atoms with Gasteiger partial charge in [-0.05, 0) is 81.0 Å². The van der Waals surface area contributed by atoms with E-state index in [1.807, 2.05) is 48.7 Å². The summed E-state index contributed by atoms with van der Waals surface area (Å²) in [5.74, 6) is 0.568. The average Bonchev–Trinajstić information content (AvgIpc) is 3.39. The molecule has 2 fully saturated rings. The van der Waals surface area contributed by atoms with Crippen molar-refractivity contribution in [3.05, 3.63) is 95.7 Å². The number of hydrogen-bond donors (Lipinski definition) is 1. The van der Waals surface area contributed by atoms with Crippen LogP contribution >= 0.6 is 0 Å². The number of hydrogen-bond acceptors (Lipinski definition) is 4. The summed E-state index contributed by atoms with van der Waals surface area (Å²) in [6, 6.07) is 21.8. The predicted molar refractivity (Wildman–Crippen MR) is 146 cm³/mol. The second-order valence-corrected chi connectivity index (χ2v) is 10.7. The third-order valence-electron chi connectivity index (χ3n) is 8.42. The number of fused-ring (bicyclic) bond motifs is 3. The minimum Gasteiger partial charge on any atom is -0.351 e. The van der Waals surface area contributed by atoms with E-state index in [9.17, 15) is 9.18 Å². The third kappa shape index (κ3) is 4.95. The molecule has 0 radical (unpaired) electrons. The van der Waals surface area contributed by atoms with E-state index in [2.05, 4.69) is 26.7 Å². The van der Waals surface area contributed by atoms with Gasteiger partial charge < -0.3 is 9.88 Å². The number of aryl methyl sites for hydroxylation is 1. The van der Waals surface area contributed by atoms with Gasteiger partial charge in [-0.15, -0.1) is 0 Å². The van der Waals surface area contributed by atoms with Crippen molar-refractivity contribution in [1.29, 1.82) is 0 Å². The number of rotatable bonds is 8. The molecule has 2 aromatic heterocycles. The molecule has 2 bridgehead atoms. The van der Waals surface area contributed by atoms with Gasteiger partial charge in [0.2, 0.25) is 5.91 Å². The SMILES string of the molecule is Cc1nc2cccnc2n1C1C[C@H]2CC[C@@H](C1)N2CC[C@H](C(=O)NCc1ccc(F)cc1)c1ccccc1. The Morgan fingerprint density at radius 3 is 2.47 bits per heavy atom. The van der Waals surface area contributed by atoms with Crippen molar-refractivity contribution in [3.8, 4) is 0 Å². The van der Waals surface area contributed by atoms with Gasteiger partial charge in [-0.1, -0.05) is 42.5 Å². The summed E-state index contributed by atoms with van der Waals surface area (Å²) in [4.78, 5) is 25.4. The lowest BCUT2D eigenvalue weighted by Crippen LogP contribution is -2.44. The number of carbonyl (C=O) groups excluding carboxylic acids is 1. The van der Waals surface area contributed by atoms with E-state index < -0.39 is 0 Å². The first-order chi connectivity index (χ1) is 18.6. The lowest BCUT2D eigenvalue weighted by atomic mass is 9.92. The predicted octanol–water partition coefficient (Wildman–Crippen LogP) is 5.54. The summed E-state index contributed by atoms with van der Waals surface area (Å²) in [5, 5.41) is 3.09. The van der Waals surface area contributed by atoms with Crippen molar-refractivity contribution in [2.45, 2.75) is 69.6 Å². The average molecular weight is 512 g/mol. The van der Waals surface area contributed by atoms with Crippen LogP contribution in [0.25, 0.3) is 11.2 Å². The Labute approximate surface area is 222 Å². The number of nitrogens with zero attached hydrogens (tertiary/aromatic N) is 4. The Morgan fingerprint density at radius 2 is 1.74 bits per heavy atom. The van der Waals surface area contributed by atoms with Gasteiger partial charge in [0, 0.05) is 30.9 Å². The van der Waals surface area contributed by atoms with Gasteiger partial charge in [0.1, 0.15) is 17.2 Å². The number of nitrogens with one attached hydrogen (secondary N) is 1. The molecule has 2 saturated heterocycles. The van der Waals surface area contributed by atoms with Crippen LogP contribution in [0, 0.1) is 12.7 Å². The fourth-order valence-electron chi connectivity index (χ4n) is 6.63. The normalized spacial score (nSPS) is 22.0. The summed E-state index contributed by atoms with van der Waals surface area (Å²) in [6.07, 6.45) is 7.21. The Morgan fingerprint density at radius 1 is 1.00 bits per heavy atom. The molecular weight excluding hydrogens is 477 g/mol. The van der Waals surface area contributed by atoms with Crippen LogP contribution < -0.4 is 5.32 Å². The van der Waals surface area contributed by atoms with Crippen LogP contribution in [0.2, 0.25) is 0 Å². The van der Waals surface area contributed by atoms with Gasteiger partial charge in [0.25, 0.3) is 0 Å². The molecule has 1 amide bonds. The molecule has 4 heterocycles. The van der Waals surface area contributed by atoms with Gasteiger partial charge in [-0.3, -0.25) is 9.69 Å². The minimum absolute atomic E-state index is 0.0225. The zero-order valence-electron chi connectivity index (χ0n) is 21.8. The van der Waals surface area contributed by atoms with E-state index in [1.165, 1.54) is 25.0 Å². The van der Waals surface area contributed by atoms with Crippen LogP contribution in [0.5, 0.6) is 0 Å². The number of pyridine rings is 1. The van der Waals surface area contributed by atoms with Crippen molar-refractivity contribution in [2.75, 3.05) is 6.54 Å². The number of aromatic nitrogens is 3. The van der Waals surface area contributed by atoms with Gasteiger partial charge in [0.05, 0.1) is 5.92 Å². The molecule has 7 heteroatoms. The molecule has 1 N–H and O–H groups in total. The fourth-order valence-corrected chi connectivity index (χ4v) is 6.63. The molecule has 0 aliphatic carbocycles. The highest BCUT2D eigenvalue weighted by atomic mass is 19.1. The summed E-state index contributed by atoms with van der Waals surface area (Å²) >= 11 is 0. The van der Waals surface area contributed by atoms with Crippen LogP contribution in [-0.4, -0.2) is 44.0 Å². The van der Waals surface area contributed by atoms with E-state index in [0.29, 0.717) is 24.7 Å². The molecule has 0 spiro atoms. The van der Waals surface area contributed by atoms with E-state index in [4.69, 9.17) is 4.98 Å². The van der Waals surface area contributed by atoms with E-state index in [0.717, 1.165) is 53.9 Å². The van der Waals surface area contributed by atoms with Crippen molar-refractivity contribution >= 4 is 17.1 Å². The maximum absolute atomic E-state index is 13.4. The molecule has 2 aromatic carbocycles. The van der Waals surface area contributed by atoms with Crippen molar-refractivity contribution in [2.24, 2.45) is 0 Å². The molecule has 0 saturated carbocycles. The third-order valence-corrected chi connectivity index (χ3v) is 8.42. The molecule has 6 rings (SSSR count). The first-order valence-corrected chi connectivity index (χ1v) is 13.7. The van der Waals surface area contributed by atoms with Crippen LogP contribution in [0.3, 0.4) is 0 Å². The molecule has 2 aliphatic heterocycles. The van der Waals surface area contributed by atoms with E-state index in [1.54, 1.807) is 12.1 Å². The molecular formula is C31H34FN5O. The Hall–Kier alpha value is -3.58. The highest BCUT2D eigenvalue weighted by Crippen LogP contribution is 2.42. The van der Waals surface area contributed by atoms with Crippen LogP contribution in [0.15, 0.2) is 72.9 Å². The largest absolute Gasteiger partial charge is 0.351 e. The molecule has 38 heavy (non-hydrogen) atoms. The van der Waals surface area contributed by atoms with Crippen LogP contribution in [0.1, 0.15) is 61.0 Å². The second-order valence-electron chi connectivity index (χ2n) is 10.7. The lowest BCUT2D eigenvalue weighted by molar-refractivity contribution is -0.123. The first kappa shape index (κ1) is 24.7. The zero-order valence-corrected chi connectivity index (χ0v) is 21.8. The zero-order chi connectivity index (χ0) is 26.1. The Kier molecular flexibility index (Phi) is 6.94. The van der Waals surface area contributed by atoms with Gasteiger partial charge in [-0.2, -0.15) is 0 Å². The molecule has 6 nitrogen and oxygen atoms in total. The van der Waals surface area contributed by atoms with Crippen molar-refractivity contribution in [1.82, 2.24) is 24.8 Å². The maximum atomic E-state index is 13.4. The maximum Gasteiger partial charge on any atom is 0.227 e. The summed E-state index contributed by atoms with van der Waals surface area (Å²) in [7, 11) is 0. The lowest BCUT2D eigenvalue weighted by Gasteiger charge is -2.40. The topological polar surface area (TPSA) is 63.1 Å². The summed E-state index contributed by atoms with van der Waals surface area (Å²) < 4.78 is 15.6. The van der Waals surface area contributed by atoms with Gasteiger partial charge >= 0.3 is 0 Å². The number of piperidine rings is 1. The number of benzene rings is 2. The monoisotopic (exact) mass is 511 g/mol. The highest BCUT2D eigenvalue weighted by molar-refractivity contribution is 5.83. The quantitative estimate of drug-likeness (QED) is 0.338. The first-order valence-electron chi connectivity index (χ1n) is 13.7. The molecule has 2 aliphatic rings. The number of amides is 1. The summed E-state index contributed by atoms with van der Waals surface area (Å²) in [6.45, 7) is 3.38. The minimum atomic E-state index is -0.270. The molecule has 1 unspecified atom stereocenters. The smallest absolute Gasteiger partial charge is 0.227 e. The Balaban J connectivity index is 1.14. The van der Waals surface area contributed by atoms with Crippen molar-refractivity contribution in [3.63, 3.8) is 0 Å². The highest BCUT2D eigenvalue weighted by Gasteiger charge is 2.42. The van der Waals surface area contributed by atoms with Gasteiger partial charge in [-0.25, -0.2) is 14.4 Å². The second kappa shape index (κ2) is 10.7. The van der Waals surface area contributed by atoms with Crippen LogP contribution in [-0.2, 0) is 11.3 Å². The molecule has 196 valence electrons. The number of carbonyl (C=O) groups is 1. The molecule has 4 atom stereocenters. The number of imidazole rings is 1. The van der Waals surface area contributed by atoms with Gasteiger partial charge in [0.15, 0.2) is 5.65 Å². The van der Waals surface area contributed by atoms with Crippen LogP contribution in [0.4, 0.5) is 4.39 Å². The fraction of sp³-hybridized carbons (Fsp3) is 0.387. The summed E-state index contributed by atoms with van der Waals surface area (Å²) in [5.41, 5.74) is 3.89. The standard InChI is InChI=1S/C31H34FN5O/c1-21-35-29-8-5-16-33-30(29)37(21)27-18-25-13-14-26(19-27)36(25)17-15-28(23-6-3-2-4-7-23)31(38)34-20-22-9-11-24(32)12-10-22/h2-12,16,25-28H,13-15,17-20H2,1H3,(H,34,38)/t25-,26+,27?,28-/m0/s1. The van der Waals surface area contributed by atoms with E-state index in [-0.39, 0.29) is 17.6 Å². The van der Waals surface area contributed by atoms with Crippen molar-refractivity contribution < 1.29 is 9.18 Å².